The first-order chi connectivity index (χ1) is 12.4. The lowest BCUT2D eigenvalue weighted by atomic mass is 9.86. The third-order valence-corrected chi connectivity index (χ3v) is 8.28. The molecule has 142 valence electrons. The maximum absolute atomic E-state index is 13.0. The number of amides is 1. The molecule has 2 bridgehead atoms. The van der Waals surface area contributed by atoms with E-state index < -0.39 is 15.8 Å². The van der Waals surface area contributed by atoms with Gasteiger partial charge in [-0.2, -0.15) is 4.31 Å². The first-order valence-electron chi connectivity index (χ1n) is 9.47. The predicted molar refractivity (Wildman–Crippen MR) is 95.3 cm³/mol. The van der Waals surface area contributed by atoms with Crippen molar-refractivity contribution in [1.29, 1.82) is 0 Å². The van der Waals surface area contributed by atoms with Gasteiger partial charge in [0.05, 0.1) is 4.90 Å². The standard InChI is InChI=1S/C19H25FN2O3S/c20-17-3-5-18(6-4-17)26(24,25)22-9-7-21(8-10-22)19(23)13-16-12-14-1-2-15(16)11-14/h3-6,14-16H,1-2,7-13H2. The molecule has 2 saturated carbocycles. The van der Waals surface area contributed by atoms with Crippen LogP contribution in [0.5, 0.6) is 0 Å². The summed E-state index contributed by atoms with van der Waals surface area (Å²) in [5, 5.41) is 0. The van der Waals surface area contributed by atoms with Crippen LogP contribution in [0.25, 0.3) is 0 Å². The van der Waals surface area contributed by atoms with Crippen LogP contribution in [0.1, 0.15) is 32.1 Å². The van der Waals surface area contributed by atoms with Gasteiger partial charge in [-0.25, -0.2) is 12.8 Å². The zero-order valence-electron chi connectivity index (χ0n) is 14.8. The van der Waals surface area contributed by atoms with E-state index in [-0.39, 0.29) is 10.8 Å². The number of carbonyl (C=O) groups excluding carboxylic acids is 1. The molecule has 0 radical (unpaired) electrons. The van der Waals surface area contributed by atoms with Crippen molar-refractivity contribution in [2.75, 3.05) is 26.2 Å². The number of benzene rings is 1. The first kappa shape index (κ1) is 17.9. The summed E-state index contributed by atoms with van der Waals surface area (Å²) in [5.74, 6) is 1.79. The van der Waals surface area contributed by atoms with Crippen molar-refractivity contribution in [2.45, 2.75) is 37.0 Å². The van der Waals surface area contributed by atoms with Gasteiger partial charge in [0.1, 0.15) is 5.82 Å². The summed E-state index contributed by atoms with van der Waals surface area (Å²) in [4.78, 5) is 14.5. The fraction of sp³-hybridized carbons (Fsp3) is 0.632. The van der Waals surface area contributed by atoms with Crippen molar-refractivity contribution >= 4 is 15.9 Å². The van der Waals surface area contributed by atoms with Gasteiger partial charge < -0.3 is 4.90 Å². The van der Waals surface area contributed by atoms with E-state index in [1.165, 1.54) is 42.1 Å². The van der Waals surface area contributed by atoms with Gasteiger partial charge in [0.2, 0.25) is 15.9 Å². The Kier molecular flexibility index (Phi) is 4.77. The number of hydrogen-bond acceptors (Lipinski definition) is 3. The van der Waals surface area contributed by atoms with E-state index in [2.05, 4.69) is 0 Å². The van der Waals surface area contributed by atoms with Crippen molar-refractivity contribution in [1.82, 2.24) is 9.21 Å². The van der Waals surface area contributed by atoms with Gasteiger partial charge in [0.15, 0.2) is 0 Å². The third kappa shape index (κ3) is 3.39. The summed E-state index contributed by atoms with van der Waals surface area (Å²) in [6.45, 7) is 1.45. The van der Waals surface area contributed by atoms with Gasteiger partial charge in [0.25, 0.3) is 0 Å². The minimum atomic E-state index is -3.63. The molecule has 1 aliphatic heterocycles. The summed E-state index contributed by atoms with van der Waals surface area (Å²) < 4.78 is 39.7. The van der Waals surface area contributed by atoms with Crippen LogP contribution in [-0.4, -0.2) is 49.7 Å². The number of piperazine rings is 1. The normalized spacial score (nSPS) is 29.3. The Morgan fingerprint density at radius 3 is 2.31 bits per heavy atom. The molecule has 1 amide bonds. The SMILES string of the molecule is O=C(CC1CC2CCC1C2)N1CCN(S(=O)(=O)c2ccc(F)cc2)CC1. The molecule has 4 rings (SSSR count). The highest BCUT2D eigenvalue weighted by atomic mass is 32.2. The summed E-state index contributed by atoms with van der Waals surface area (Å²) in [5.41, 5.74) is 0. The van der Waals surface area contributed by atoms with E-state index in [9.17, 15) is 17.6 Å². The number of rotatable bonds is 4. The van der Waals surface area contributed by atoms with E-state index in [1.54, 1.807) is 0 Å². The van der Waals surface area contributed by atoms with Gasteiger partial charge in [-0.1, -0.05) is 6.42 Å². The smallest absolute Gasteiger partial charge is 0.243 e. The van der Waals surface area contributed by atoms with Gasteiger partial charge >= 0.3 is 0 Å². The van der Waals surface area contributed by atoms with Gasteiger partial charge in [0, 0.05) is 32.6 Å². The highest BCUT2D eigenvalue weighted by Crippen LogP contribution is 2.49. The van der Waals surface area contributed by atoms with Crippen molar-refractivity contribution < 1.29 is 17.6 Å². The summed E-state index contributed by atoms with van der Waals surface area (Å²) in [6.07, 6.45) is 5.70. The maximum Gasteiger partial charge on any atom is 0.243 e. The molecule has 26 heavy (non-hydrogen) atoms. The molecule has 0 N–H and O–H groups in total. The van der Waals surface area contributed by atoms with Gasteiger partial charge in [-0.15, -0.1) is 0 Å². The van der Waals surface area contributed by atoms with Crippen molar-refractivity contribution in [2.24, 2.45) is 17.8 Å². The zero-order chi connectivity index (χ0) is 18.3. The summed E-state index contributed by atoms with van der Waals surface area (Å²) in [6, 6.07) is 4.89. The van der Waals surface area contributed by atoms with E-state index >= 15 is 0 Å². The molecule has 2 aliphatic carbocycles. The van der Waals surface area contributed by atoms with Gasteiger partial charge in [-0.3, -0.25) is 4.79 Å². The molecule has 1 aromatic carbocycles. The molecule has 0 aromatic heterocycles. The average molecular weight is 380 g/mol. The van der Waals surface area contributed by atoms with Gasteiger partial charge in [-0.05, 0) is 61.3 Å². The van der Waals surface area contributed by atoms with Crippen LogP contribution < -0.4 is 0 Å². The number of halogens is 1. The molecule has 7 heteroatoms. The highest BCUT2D eigenvalue weighted by Gasteiger charge is 2.41. The molecule has 1 heterocycles. The molecule has 3 aliphatic rings. The van der Waals surface area contributed by atoms with Crippen LogP contribution in [0.15, 0.2) is 29.2 Å². The van der Waals surface area contributed by atoms with Crippen molar-refractivity contribution in [3.8, 4) is 0 Å². The monoisotopic (exact) mass is 380 g/mol. The highest BCUT2D eigenvalue weighted by molar-refractivity contribution is 7.89. The Bertz CT molecular complexity index is 772. The fourth-order valence-corrected chi connectivity index (χ4v) is 6.34. The molecule has 0 spiro atoms. The summed E-state index contributed by atoms with van der Waals surface area (Å²) >= 11 is 0. The lowest BCUT2D eigenvalue weighted by molar-refractivity contribution is -0.133. The first-order valence-corrected chi connectivity index (χ1v) is 10.9. The Morgan fingerprint density at radius 2 is 1.73 bits per heavy atom. The second-order valence-electron chi connectivity index (χ2n) is 7.88. The molecule has 3 fully saturated rings. The lowest BCUT2D eigenvalue weighted by Gasteiger charge is -2.35. The van der Waals surface area contributed by atoms with E-state index in [0.29, 0.717) is 38.5 Å². The number of nitrogens with zero attached hydrogens (tertiary/aromatic N) is 2. The second kappa shape index (κ2) is 6.93. The lowest BCUT2D eigenvalue weighted by Crippen LogP contribution is -2.50. The number of carbonyl (C=O) groups is 1. The van der Waals surface area contributed by atoms with Crippen LogP contribution in [0, 0.1) is 23.6 Å². The Labute approximate surface area is 154 Å². The fourth-order valence-electron chi connectivity index (χ4n) is 4.91. The molecule has 3 unspecified atom stereocenters. The van der Waals surface area contributed by atoms with Crippen LogP contribution in [-0.2, 0) is 14.8 Å². The third-order valence-electron chi connectivity index (χ3n) is 6.36. The topological polar surface area (TPSA) is 57.7 Å². The van der Waals surface area contributed by atoms with Crippen LogP contribution in [0.2, 0.25) is 0 Å². The Hall–Kier alpha value is -1.47. The Morgan fingerprint density at radius 1 is 1.04 bits per heavy atom. The summed E-state index contributed by atoms with van der Waals surface area (Å²) in [7, 11) is -3.63. The van der Waals surface area contributed by atoms with E-state index in [4.69, 9.17) is 0 Å². The molecule has 5 nitrogen and oxygen atoms in total. The average Bonchev–Trinajstić information content (AvgIpc) is 3.25. The van der Waals surface area contributed by atoms with Crippen LogP contribution in [0.4, 0.5) is 4.39 Å². The zero-order valence-corrected chi connectivity index (χ0v) is 15.6. The van der Waals surface area contributed by atoms with Crippen LogP contribution in [0.3, 0.4) is 0 Å². The number of sulfonamides is 1. The Balaban J connectivity index is 1.33. The molecule has 1 saturated heterocycles. The maximum atomic E-state index is 13.0. The number of fused-ring (bicyclic) bond motifs is 2. The quantitative estimate of drug-likeness (QED) is 0.806. The number of hydrogen-bond donors (Lipinski definition) is 0. The van der Waals surface area contributed by atoms with E-state index in [1.807, 2.05) is 4.90 Å². The van der Waals surface area contributed by atoms with E-state index in [0.717, 1.165) is 24.0 Å². The molecular formula is C19H25FN2O3S. The largest absolute Gasteiger partial charge is 0.340 e. The predicted octanol–water partition coefficient (Wildman–Crippen LogP) is 2.48. The van der Waals surface area contributed by atoms with Crippen LogP contribution >= 0.6 is 0 Å². The van der Waals surface area contributed by atoms with Crippen molar-refractivity contribution in [3.63, 3.8) is 0 Å². The minimum absolute atomic E-state index is 0.0978. The molecular weight excluding hydrogens is 355 g/mol. The van der Waals surface area contributed by atoms with Crippen molar-refractivity contribution in [3.05, 3.63) is 30.1 Å². The minimum Gasteiger partial charge on any atom is -0.340 e. The molecule has 1 aromatic rings. The second-order valence-corrected chi connectivity index (χ2v) is 9.82. The molecule has 3 atom stereocenters.